The molecule has 0 atom stereocenters. The highest BCUT2D eigenvalue weighted by molar-refractivity contribution is 5.89. The molecule has 0 spiro atoms. The van der Waals surface area contributed by atoms with Gasteiger partial charge in [-0.3, -0.25) is 4.68 Å². The fourth-order valence-electron chi connectivity index (χ4n) is 3.45. The number of ether oxygens (including phenoxy) is 2. The highest BCUT2D eigenvalue weighted by Crippen LogP contribution is 2.35. The second kappa shape index (κ2) is 8.62. The molecule has 1 aromatic carbocycles. The third kappa shape index (κ3) is 4.75. The van der Waals surface area contributed by atoms with Gasteiger partial charge in [-0.1, -0.05) is 0 Å². The van der Waals surface area contributed by atoms with Crippen molar-refractivity contribution in [3.05, 3.63) is 35.2 Å². The molecule has 3 rings (SSSR count). The fraction of sp³-hybridized carbons (Fsp3) is 0.474. The zero-order valence-corrected chi connectivity index (χ0v) is 16.2. The zero-order chi connectivity index (χ0) is 21.0. The molecule has 0 fully saturated rings. The van der Waals surface area contributed by atoms with E-state index in [9.17, 15) is 18.0 Å². The summed E-state index contributed by atoms with van der Waals surface area (Å²) in [6.45, 7) is 0.308. The maximum Gasteiger partial charge on any atom is 0.435 e. The monoisotopic (exact) mass is 412 g/mol. The Morgan fingerprint density at radius 2 is 1.90 bits per heavy atom. The van der Waals surface area contributed by atoms with Crippen molar-refractivity contribution in [3.63, 3.8) is 0 Å². The number of hydrogen-bond donors (Lipinski definition) is 2. The van der Waals surface area contributed by atoms with E-state index in [1.54, 1.807) is 18.2 Å². The van der Waals surface area contributed by atoms with E-state index in [4.69, 9.17) is 9.47 Å². The molecular formula is C19H23F3N4O3. The number of halogens is 3. The summed E-state index contributed by atoms with van der Waals surface area (Å²) in [7, 11) is 3.00. The van der Waals surface area contributed by atoms with Crippen LogP contribution < -0.4 is 20.1 Å². The molecule has 2 amide bonds. The molecule has 2 aromatic rings. The van der Waals surface area contributed by atoms with Crippen molar-refractivity contribution in [2.75, 3.05) is 26.1 Å². The van der Waals surface area contributed by atoms with Crippen LogP contribution in [0.4, 0.5) is 23.7 Å². The van der Waals surface area contributed by atoms with Crippen molar-refractivity contribution in [1.29, 1.82) is 0 Å². The fourth-order valence-corrected chi connectivity index (χ4v) is 3.45. The molecule has 1 aliphatic rings. The molecule has 0 bridgehead atoms. The molecule has 0 radical (unpaired) electrons. The molecule has 10 heteroatoms. The highest BCUT2D eigenvalue weighted by atomic mass is 19.4. The molecule has 1 heterocycles. The van der Waals surface area contributed by atoms with Gasteiger partial charge in [-0.25, -0.2) is 4.79 Å². The molecule has 1 aromatic heterocycles. The van der Waals surface area contributed by atoms with Crippen LogP contribution in [-0.4, -0.2) is 36.6 Å². The molecule has 158 valence electrons. The molecule has 0 aliphatic heterocycles. The van der Waals surface area contributed by atoms with Gasteiger partial charge in [-0.05, 0) is 37.8 Å². The lowest BCUT2D eigenvalue weighted by atomic mass is 9.95. The summed E-state index contributed by atoms with van der Waals surface area (Å²) in [6, 6.07) is 4.44. The largest absolute Gasteiger partial charge is 0.493 e. The lowest BCUT2D eigenvalue weighted by Crippen LogP contribution is -2.32. The van der Waals surface area contributed by atoms with E-state index in [0.717, 1.165) is 12.8 Å². The molecule has 0 saturated carbocycles. The Bertz CT molecular complexity index is 880. The average Bonchev–Trinajstić information content (AvgIpc) is 3.07. The minimum Gasteiger partial charge on any atom is -0.493 e. The molecule has 7 nitrogen and oxygen atoms in total. The van der Waals surface area contributed by atoms with Crippen molar-refractivity contribution in [2.45, 2.75) is 38.4 Å². The van der Waals surface area contributed by atoms with E-state index < -0.39 is 17.9 Å². The summed E-state index contributed by atoms with van der Waals surface area (Å²) in [5.41, 5.74) is 0.599. The van der Waals surface area contributed by atoms with E-state index in [1.807, 2.05) is 0 Å². The van der Waals surface area contributed by atoms with Crippen molar-refractivity contribution >= 4 is 11.7 Å². The number of carbonyl (C=O) groups is 1. The van der Waals surface area contributed by atoms with Gasteiger partial charge in [0.2, 0.25) is 0 Å². The molecule has 29 heavy (non-hydrogen) atoms. The van der Waals surface area contributed by atoms with Gasteiger partial charge >= 0.3 is 12.2 Å². The second-order valence-electron chi connectivity index (χ2n) is 6.65. The number of amides is 2. The number of rotatable bonds is 6. The molecular weight excluding hydrogens is 389 g/mol. The van der Waals surface area contributed by atoms with E-state index >= 15 is 0 Å². The summed E-state index contributed by atoms with van der Waals surface area (Å²) in [5.74, 6) is 0.996. The number of methoxy groups -OCH3 is 2. The predicted molar refractivity (Wildman–Crippen MR) is 100 cm³/mol. The van der Waals surface area contributed by atoms with Gasteiger partial charge in [0.15, 0.2) is 17.2 Å². The van der Waals surface area contributed by atoms with E-state index in [2.05, 4.69) is 15.7 Å². The first-order chi connectivity index (χ1) is 13.8. The molecule has 1 aliphatic carbocycles. The SMILES string of the molecule is COc1ccc(NC(=O)NCCn2nc(C(F)(F)F)c3c2CCCC3)cc1OC. The van der Waals surface area contributed by atoms with Gasteiger partial charge in [0.1, 0.15) is 0 Å². The van der Waals surface area contributed by atoms with Gasteiger partial charge < -0.3 is 20.1 Å². The third-order valence-corrected chi connectivity index (χ3v) is 4.78. The summed E-state index contributed by atoms with van der Waals surface area (Å²) in [5, 5.41) is 9.06. The topological polar surface area (TPSA) is 77.4 Å². The van der Waals surface area contributed by atoms with E-state index in [-0.39, 0.29) is 13.1 Å². The summed E-state index contributed by atoms with van der Waals surface area (Å²) in [4.78, 5) is 12.1. The Labute approximate surface area is 166 Å². The van der Waals surface area contributed by atoms with Gasteiger partial charge in [-0.15, -0.1) is 0 Å². The smallest absolute Gasteiger partial charge is 0.435 e. The summed E-state index contributed by atoms with van der Waals surface area (Å²) in [6.07, 6.45) is -1.95. The Morgan fingerprint density at radius 1 is 1.17 bits per heavy atom. The Hall–Kier alpha value is -2.91. The Morgan fingerprint density at radius 3 is 2.59 bits per heavy atom. The van der Waals surface area contributed by atoms with Gasteiger partial charge in [0, 0.05) is 29.6 Å². The summed E-state index contributed by atoms with van der Waals surface area (Å²) < 4.78 is 51.4. The minimum absolute atomic E-state index is 0.143. The number of nitrogens with zero attached hydrogens (tertiary/aromatic N) is 2. The lowest BCUT2D eigenvalue weighted by molar-refractivity contribution is -0.142. The van der Waals surface area contributed by atoms with Crippen molar-refractivity contribution in [1.82, 2.24) is 15.1 Å². The van der Waals surface area contributed by atoms with Crippen LogP contribution in [0.3, 0.4) is 0 Å². The standard InChI is InChI=1S/C19H23F3N4O3/c1-28-15-8-7-12(11-16(15)29-2)24-18(27)23-9-10-26-14-6-4-3-5-13(14)17(25-26)19(20,21)22/h7-8,11H,3-6,9-10H2,1-2H3,(H2,23,24,27). The predicted octanol–water partition coefficient (Wildman–Crippen LogP) is 3.62. The molecule has 0 saturated heterocycles. The average molecular weight is 412 g/mol. The normalized spacial score (nSPS) is 13.6. The number of nitrogens with one attached hydrogen (secondary N) is 2. The zero-order valence-electron chi connectivity index (χ0n) is 16.2. The van der Waals surface area contributed by atoms with Crippen LogP contribution in [0.25, 0.3) is 0 Å². The van der Waals surface area contributed by atoms with Crippen LogP contribution in [-0.2, 0) is 25.6 Å². The Balaban J connectivity index is 1.60. The van der Waals surface area contributed by atoms with Crippen LogP contribution in [0, 0.1) is 0 Å². The van der Waals surface area contributed by atoms with Crippen LogP contribution in [0.2, 0.25) is 0 Å². The number of alkyl halides is 3. The maximum absolute atomic E-state index is 13.2. The number of anilines is 1. The number of carbonyl (C=O) groups excluding carboxylic acids is 1. The number of urea groups is 1. The van der Waals surface area contributed by atoms with Gasteiger partial charge in [0.25, 0.3) is 0 Å². The van der Waals surface area contributed by atoms with Gasteiger partial charge in [-0.2, -0.15) is 18.3 Å². The molecule has 0 unspecified atom stereocenters. The van der Waals surface area contributed by atoms with Crippen LogP contribution in [0.5, 0.6) is 11.5 Å². The van der Waals surface area contributed by atoms with E-state index in [0.29, 0.717) is 41.3 Å². The first-order valence-corrected chi connectivity index (χ1v) is 9.26. The maximum atomic E-state index is 13.2. The number of aromatic nitrogens is 2. The first kappa shape index (κ1) is 20.8. The highest BCUT2D eigenvalue weighted by Gasteiger charge is 2.39. The number of benzene rings is 1. The van der Waals surface area contributed by atoms with Crippen molar-refractivity contribution < 1.29 is 27.4 Å². The minimum atomic E-state index is -4.47. The van der Waals surface area contributed by atoms with Gasteiger partial charge in [0.05, 0.1) is 20.8 Å². The second-order valence-corrected chi connectivity index (χ2v) is 6.65. The number of hydrogen-bond acceptors (Lipinski definition) is 4. The quantitative estimate of drug-likeness (QED) is 0.760. The number of fused-ring (bicyclic) bond motifs is 1. The molecule has 2 N–H and O–H groups in total. The lowest BCUT2D eigenvalue weighted by Gasteiger charge is -2.15. The Kier molecular flexibility index (Phi) is 6.19. The first-order valence-electron chi connectivity index (χ1n) is 9.26. The van der Waals surface area contributed by atoms with E-state index in [1.165, 1.54) is 18.9 Å². The third-order valence-electron chi connectivity index (χ3n) is 4.78. The van der Waals surface area contributed by atoms with Crippen molar-refractivity contribution in [3.8, 4) is 11.5 Å². The van der Waals surface area contributed by atoms with Crippen molar-refractivity contribution in [2.24, 2.45) is 0 Å². The summed E-state index contributed by atoms with van der Waals surface area (Å²) >= 11 is 0. The van der Waals surface area contributed by atoms with Crippen LogP contribution in [0.15, 0.2) is 18.2 Å². The van der Waals surface area contributed by atoms with Crippen LogP contribution >= 0.6 is 0 Å². The van der Waals surface area contributed by atoms with Crippen LogP contribution in [0.1, 0.15) is 29.8 Å².